The molecule has 0 fully saturated rings. The van der Waals surface area contributed by atoms with Gasteiger partial charge in [-0.3, -0.25) is 0 Å². The molecule has 0 radical (unpaired) electrons. The minimum Gasteiger partial charge on any atom is -0.802 e. The summed E-state index contributed by atoms with van der Waals surface area (Å²) in [4.78, 5) is 41.7. The fraction of sp³-hybridized carbons (Fsp3) is 1.00. The standard InChI is InChI=1S/4C18H39O2P.Mo/c4*1-2-3-4-5-6-7-8-9-10-11-12-13-14-15-16-17-18-21(19)20;/h4*21H,2-18H2,1H3,(H,19,20);/q;;;;+4/p-4. The Balaban J connectivity index is -0.000000333. The molecule has 0 amide bonds. The second-order valence-corrected chi connectivity index (χ2v) is 30.7. The quantitative estimate of drug-likeness (QED) is 0.0330. The van der Waals surface area contributed by atoms with Crippen molar-refractivity contribution in [3.8, 4) is 0 Å². The van der Waals surface area contributed by atoms with Crippen molar-refractivity contribution in [1.82, 2.24) is 0 Å². The third-order valence-electron chi connectivity index (χ3n) is 16.9. The van der Waals surface area contributed by atoms with Crippen LogP contribution in [0, 0.1) is 0 Å². The van der Waals surface area contributed by atoms with Gasteiger partial charge in [0.2, 0.25) is 0 Å². The van der Waals surface area contributed by atoms with Crippen molar-refractivity contribution in [3.63, 3.8) is 0 Å². The van der Waals surface area contributed by atoms with Crippen LogP contribution < -0.4 is 19.6 Å². The summed E-state index contributed by atoms with van der Waals surface area (Å²) in [5.74, 6) is 0. The normalized spacial score (nSPS) is 12.5. The van der Waals surface area contributed by atoms with Gasteiger partial charge in [0, 0.05) is 32.1 Å². The molecule has 13 heteroatoms. The Morgan fingerprint density at radius 3 is 0.294 bits per heavy atom. The minimum atomic E-state index is -2.45. The van der Waals surface area contributed by atoms with Crippen molar-refractivity contribution in [2.75, 3.05) is 24.6 Å². The number of hydrogen-bond acceptors (Lipinski definition) is 8. The van der Waals surface area contributed by atoms with Gasteiger partial charge in [-0.2, -0.15) is 0 Å². The van der Waals surface area contributed by atoms with Crippen LogP contribution in [0.2, 0.25) is 0 Å². The predicted octanol–water partition coefficient (Wildman–Crippen LogP) is 24.3. The zero-order chi connectivity index (χ0) is 62.4. The van der Waals surface area contributed by atoms with Gasteiger partial charge in [0.15, 0.2) is 0 Å². The van der Waals surface area contributed by atoms with Gasteiger partial charge >= 0.3 is 21.1 Å². The maximum absolute atomic E-state index is 10.4. The maximum atomic E-state index is 10.4. The van der Waals surface area contributed by atoms with Gasteiger partial charge < -0.3 is 37.8 Å². The molecule has 514 valence electrons. The van der Waals surface area contributed by atoms with Crippen molar-refractivity contribution in [2.45, 2.75) is 439 Å². The van der Waals surface area contributed by atoms with E-state index in [0.29, 0.717) is 24.6 Å². The predicted molar refractivity (Wildman–Crippen MR) is 374 cm³/mol. The van der Waals surface area contributed by atoms with Crippen LogP contribution in [0.5, 0.6) is 0 Å². The Morgan fingerprint density at radius 2 is 0.224 bits per heavy atom. The van der Waals surface area contributed by atoms with E-state index in [0.717, 1.165) is 51.4 Å². The Labute approximate surface area is 550 Å². The minimum absolute atomic E-state index is 0. The van der Waals surface area contributed by atoms with Crippen LogP contribution in [0.15, 0.2) is 0 Å². The summed E-state index contributed by atoms with van der Waals surface area (Å²) >= 11 is 0. The molecule has 0 rings (SSSR count). The van der Waals surface area contributed by atoms with Gasteiger partial charge in [-0.1, -0.05) is 413 Å². The van der Waals surface area contributed by atoms with Crippen molar-refractivity contribution in [1.29, 1.82) is 0 Å². The van der Waals surface area contributed by atoms with Crippen molar-refractivity contribution >= 4 is 32.1 Å². The van der Waals surface area contributed by atoms with Crippen molar-refractivity contribution in [2.24, 2.45) is 0 Å². The first-order chi connectivity index (χ1) is 41.1. The van der Waals surface area contributed by atoms with Crippen LogP contribution in [0.4, 0.5) is 0 Å². The monoisotopic (exact) mass is 1370 g/mol. The molecule has 0 spiro atoms. The van der Waals surface area contributed by atoms with Crippen LogP contribution in [-0.4, -0.2) is 24.6 Å². The van der Waals surface area contributed by atoms with E-state index >= 15 is 0 Å². The molecule has 0 aromatic rings. The number of hydrogen-bond donors (Lipinski definition) is 0. The van der Waals surface area contributed by atoms with E-state index in [1.54, 1.807) is 0 Å². The Hall–Kier alpha value is 1.45. The third-order valence-corrected chi connectivity index (χ3v) is 20.0. The zero-order valence-corrected chi connectivity index (χ0v) is 63.8. The van der Waals surface area contributed by atoms with E-state index in [-0.39, 0.29) is 21.1 Å². The molecule has 4 unspecified atom stereocenters. The summed E-state index contributed by atoms with van der Waals surface area (Å²) in [6.45, 7) is 9.09. The average molecular weight is 1370 g/mol. The maximum Gasteiger partial charge on any atom is 4.00 e. The average Bonchev–Trinajstić information content (AvgIpc) is 3.47. The smallest absolute Gasteiger partial charge is 0.802 e. The largest absolute Gasteiger partial charge is 4.00 e. The summed E-state index contributed by atoms with van der Waals surface area (Å²) < 4.78 is 41.7. The molecule has 0 saturated heterocycles. The van der Waals surface area contributed by atoms with Gasteiger partial charge in [-0.15, -0.1) is 0 Å². The summed E-state index contributed by atoms with van der Waals surface area (Å²) in [5, 5.41) is 0. The summed E-state index contributed by atoms with van der Waals surface area (Å²) in [6, 6.07) is 0. The second kappa shape index (κ2) is 91.9. The molecule has 0 saturated carbocycles. The van der Waals surface area contributed by atoms with Gasteiger partial charge in [-0.25, -0.2) is 0 Å². The van der Waals surface area contributed by atoms with Crippen molar-refractivity contribution in [3.05, 3.63) is 0 Å². The Kier molecular flexibility index (Phi) is 103. The molecule has 85 heavy (non-hydrogen) atoms. The summed E-state index contributed by atoms with van der Waals surface area (Å²) in [5.41, 5.74) is 0. The molecular formula is C72H152MoO8P4. The molecule has 0 bridgehead atoms. The summed E-state index contributed by atoms with van der Waals surface area (Å²) in [6.07, 6.45) is 87.1. The van der Waals surface area contributed by atoms with Crippen LogP contribution in [0.1, 0.15) is 439 Å². The molecule has 0 aromatic carbocycles. The van der Waals surface area contributed by atoms with Crippen LogP contribution in [-0.2, 0) is 39.3 Å². The van der Waals surface area contributed by atoms with Gasteiger partial charge in [0.05, 0.1) is 0 Å². The van der Waals surface area contributed by atoms with Crippen LogP contribution in [0.25, 0.3) is 0 Å². The molecule has 0 aliphatic heterocycles. The molecule has 0 aliphatic carbocycles. The van der Waals surface area contributed by atoms with Crippen LogP contribution >= 0.6 is 32.1 Å². The van der Waals surface area contributed by atoms with E-state index in [9.17, 15) is 37.8 Å². The van der Waals surface area contributed by atoms with E-state index < -0.39 is 32.1 Å². The first-order valence-corrected chi connectivity index (χ1v) is 44.0. The molecular weight excluding hydrogens is 1210 g/mol. The fourth-order valence-corrected chi connectivity index (χ4v) is 13.4. The SMILES string of the molecule is CCCCCCCCCCCCCCCCCC[PH](=O)[O-].CCCCCCCCCCCCCCCCCC[PH](=O)[O-].CCCCCCCCCCCCCCCCCC[PH](=O)[O-].CCCCCCCCCCCCCCCCCC[PH](=O)[O-].[Mo+4]. The van der Waals surface area contributed by atoms with E-state index in [2.05, 4.69) is 27.7 Å². The molecule has 0 aromatic heterocycles. The number of rotatable bonds is 68. The third kappa shape index (κ3) is 110. The summed E-state index contributed by atoms with van der Waals surface area (Å²) in [7, 11) is -9.81. The van der Waals surface area contributed by atoms with Gasteiger partial charge in [-0.05, 0) is 50.3 Å². The molecule has 8 nitrogen and oxygen atoms in total. The van der Waals surface area contributed by atoms with E-state index in [1.807, 2.05) is 0 Å². The molecule has 0 heterocycles. The molecule has 0 N–H and O–H groups in total. The second-order valence-electron chi connectivity index (χ2n) is 25.7. The van der Waals surface area contributed by atoms with Gasteiger partial charge in [0.1, 0.15) is 0 Å². The number of unbranched alkanes of at least 4 members (excludes halogenated alkanes) is 60. The Morgan fingerprint density at radius 1 is 0.153 bits per heavy atom. The first-order valence-electron chi connectivity index (χ1n) is 37.9. The topological polar surface area (TPSA) is 161 Å². The van der Waals surface area contributed by atoms with E-state index in [1.165, 1.54) is 360 Å². The van der Waals surface area contributed by atoms with E-state index in [4.69, 9.17) is 0 Å². The zero-order valence-electron chi connectivity index (χ0n) is 57.8. The molecule has 4 atom stereocenters. The van der Waals surface area contributed by atoms with Crippen LogP contribution in [0.3, 0.4) is 0 Å². The first kappa shape index (κ1) is 95.1. The van der Waals surface area contributed by atoms with Crippen molar-refractivity contribution < 1.29 is 58.9 Å². The fourth-order valence-electron chi connectivity index (χ4n) is 11.3. The Bertz CT molecular complexity index is 1070. The van der Waals surface area contributed by atoms with Gasteiger partial charge in [0.25, 0.3) is 0 Å². The molecule has 0 aliphatic rings.